The van der Waals surface area contributed by atoms with Crippen LogP contribution in [0, 0.1) is 10.9 Å². The Balaban J connectivity index is 4.40. The van der Waals surface area contributed by atoms with Gasteiger partial charge in [-0.25, -0.2) is 5.53 Å². The van der Waals surface area contributed by atoms with Gasteiger partial charge in [0.15, 0.2) is 0 Å². The molecular weight excluding hydrogens is 278 g/mol. The second kappa shape index (κ2) is 8.63. The van der Waals surface area contributed by atoms with Crippen LogP contribution >= 0.6 is 0 Å². The Hall–Kier alpha value is -0.940. The Morgan fingerprint density at radius 2 is 1.68 bits per heavy atom. The molecule has 2 N–H and O–H groups in total. The summed E-state index contributed by atoms with van der Waals surface area (Å²) in [5, 5.41) is 6.85. The lowest BCUT2D eigenvalue weighted by atomic mass is 9.97. The van der Waals surface area contributed by atoms with Gasteiger partial charge in [-0.15, -0.1) is 0 Å². The third-order valence-electron chi connectivity index (χ3n) is 3.40. The first-order valence-corrected chi connectivity index (χ1v) is 7.90. The fourth-order valence-corrected chi connectivity index (χ4v) is 1.76. The summed E-state index contributed by atoms with van der Waals surface area (Å²) in [6.07, 6.45) is 3.25. The van der Waals surface area contributed by atoms with Gasteiger partial charge in [-0.05, 0) is 39.5 Å². The van der Waals surface area contributed by atoms with Crippen molar-refractivity contribution in [1.29, 1.82) is 5.53 Å². The van der Waals surface area contributed by atoms with E-state index >= 15 is 0 Å². The van der Waals surface area contributed by atoms with Gasteiger partial charge in [0, 0.05) is 26.3 Å². The van der Waals surface area contributed by atoms with Gasteiger partial charge < -0.3 is 14.8 Å². The summed E-state index contributed by atoms with van der Waals surface area (Å²) in [5.41, 5.74) is 7.68. The third-order valence-corrected chi connectivity index (χ3v) is 3.40. The average molecular weight is 313 g/mol. The zero-order valence-electron chi connectivity index (χ0n) is 15.7. The van der Waals surface area contributed by atoms with E-state index in [4.69, 9.17) is 15.0 Å². The highest BCUT2D eigenvalue weighted by Crippen LogP contribution is 2.23. The van der Waals surface area contributed by atoms with Crippen LogP contribution in [-0.2, 0) is 9.47 Å². The molecule has 0 aromatic heterocycles. The zero-order valence-corrected chi connectivity index (χ0v) is 15.7. The van der Waals surface area contributed by atoms with E-state index in [0.29, 0.717) is 18.7 Å². The fraction of sp³-hybridized carbons (Fsp3) is 0.882. The van der Waals surface area contributed by atoms with Crippen molar-refractivity contribution in [3.05, 3.63) is 11.9 Å². The Bertz CT molecular complexity index is 369. The predicted molar refractivity (Wildman–Crippen MR) is 91.0 cm³/mol. The van der Waals surface area contributed by atoms with E-state index in [9.17, 15) is 0 Å². The number of hydrogen-bond donors (Lipinski definition) is 2. The van der Waals surface area contributed by atoms with E-state index in [1.54, 1.807) is 7.11 Å². The number of rotatable bonds is 10. The Morgan fingerprint density at radius 3 is 2.14 bits per heavy atom. The highest BCUT2D eigenvalue weighted by Gasteiger charge is 2.23. The van der Waals surface area contributed by atoms with Gasteiger partial charge in [0.1, 0.15) is 0 Å². The molecular formula is C17H35N3O2. The molecule has 0 saturated carbocycles. The van der Waals surface area contributed by atoms with Crippen molar-refractivity contribution in [2.45, 2.75) is 72.5 Å². The number of nitrogens with zero attached hydrogens (tertiary/aromatic N) is 1. The van der Waals surface area contributed by atoms with Crippen molar-refractivity contribution in [2.75, 3.05) is 20.3 Å². The second-order valence-electron chi connectivity index (χ2n) is 8.19. The van der Waals surface area contributed by atoms with Gasteiger partial charge >= 0.3 is 0 Å². The molecule has 0 spiro atoms. The molecule has 130 valence electrons. The van der Waals surface area contributed by atoms with Crippen LogP contribution in [0.1, 0.15) is 61.3 Å². The lowest BCUT2D eigenvalue weighted by Crippen LogP contribution is -2.30. The van der Waals surface area contributed by atoms with Crippen molar-refractivity contribution >= 4 is 0 Å². The van der Waals surface area contributed by atoms with E-state index in [2.05, 4.69) is 31.2 Å². The van der Waals surface area contributed by atoms with Crippen molar-refractivity contribution in [1.82, 2.24) is 5.32 Å². The van der Waals surface area contributed by atoms with Gasteiger partial charge in [-0.3, -0.25) is 0 Å². The van der Waals surface area contributed by atoms with Crippen LogP contribution in [0.2, 0.25) is 0 Å². The maximum atomic E-state index is 7.32. The van der Waals surface area contributed by atoms with E-state index in [0.717, 1.165) is 13.0 Å². The van der Waals surface area contributed by atoms with Crippen LogP contribution in [0.4, 0.5) is 0 Å². The molecule has 0 heterocycles. The van der Waals surface area contributed by atoms with Crippen LogP contribution in [-0.4, -0.2) is 31.5 Å². The predicted octanol–water partition coefficient (Wildman–Crippen LogP) is 4.49. The normalized spacial score (nSPS) is 14.1. The summed E-state index contributed by atoms with van der Waals surface area (Å²) in [6, 6.07) is 0. The molecule has 5 heteroatoms. The molecule has 22 heavy (non-hydrogen) atoms. The highest BCUT2D eigenvalue weighted by molar-refractivity contribution is 5.02. The first-order chi connectivity index (χ1) is 9.91. The Morgan fingerprint density at radius 1 is 1.09 bits per heavy atom. The van der Waals surface area contributed by atoms with Crippen LogP contribution in [0.15, 0.2) is 17.0 Å². The number of nitrogens with one attached hydrogen (secondary N) is 2. The Kier molecular flexibility index (Phi) is 8.26. The zero-order chi connectivity index (χ0) is 17.4. The molecule has 0 unspecified atom stereocenters. The molecule has 0 amide bonds. The standard InChI is InChI=1S/C17H35N3O2/c1-15(2,3)13-19-12-14(20-18)11-17(6,7)22-10-9-16(4,5)21-8/h12,18-19H,9-11,13H2,1-8H3/b14-12-,20-18?. The van der Waals surface area contributed by atoms with Crippen LogP contribution in [0.5, 0.6) is 0 Å². The first kappa shape index (κ1) is 21.1. The summed E-state index contributed by atoms with van der Waals surface area (Å²) in [4.78, 5) is 0. The maximum Gasteiger partial charge on any atom is 0.0808 e. The lowest BCUT2D eigenvalue weighted by Gasteiger charge is -2.29. The monoisotopic (exact) mass is 313 g/mol. The molecule has 0 aromatic carbocycles. The van der Waals surface area contributed by atoms with Crippen molar-refractivity contribution in [3.63, 3.8) is 0 Å². The smallest absolute Gasteiger partial charge is 0.0808 e. The van der Waals surface area contributed by atoms with E-state index in [-0.39, 0.29) is 16.6 Å². The quantitative estimate of drug-likeness (QED) is 0.584. The number of hydrogen-bond acceptors (Lipinski definition) is 5. The maximum absolute atomic E-state index is 7.32. The molecule has 0 aliphatic rings. The number of ether oxygens (including phenoxy) is 2. The molecule has 0 rings (SSSR count). The van der Waals surface area contributed by atoms with Gasteiger partial charge in [-0.2, -0.15) is 5.11 Å². The summed E-state index contributed by atoms with van der Waals surface area (Å²) < 4.78 is 11.3. The summed E-state index contributed by atoms with van der Waals surface area (Å²) in [5.74, 6) is 0. The largest absolute Gasteiger partial charge is 0.389 e. The van der Waals surface area contributed by atoms with E-state index in [1.807, 2.05) is 33.9 Å². The van der Waals surface area contributed by atoms with Crippen LogP contribution < -0.4 is 5.32 Å². The minimum absolute atomic E-state index is 0.178. The minimum Gasteiger partial charge on any atom is -0.389 e. The topological polar surface area (TPSA) is 66.7 Å². The molecule has 0 aromatic rings. The first-order valence-electron chi connectivity index (χ1n) is 7.90. The summed E-state index contributed by atoms with van der Waals surface area (Å²) in [6.45, 7) is 16.1. The van der Waals surface area contributed by atoms with Gasteiger partial charge in [0.25, 0.3) is 0 Å². The van der Waals surface area contributed by atoms with E-state index < -0.39 is 0 Å². The minimum atomic E-state index is -0.358. The summed E-state index contributed by atoms with van der Waals surface area (Å²) in [7, 11) is 1.71. The molecule has 0 radical (unpaired) electrons. The van der Waals surface area contributed by atoms with Gasteiger partial charge in [-0.1, -0.05) is 20.8 Å². The Labute approximate surface area is 136 Å². The molecule has 0 saturated heterocycles. The molecule has 0 aliphatic heterocycles. The van der Waals surface area contributed by atoms with Crippen LogP contribution in [0.3, 0.4) is 0 Å². The molecule has 0 bridgehead atoms. The van der Waals surface area contributed by atoms with Gasteiger partial charge in [0.05, 0.1) is 23.5 Å². The van der Waals surface area contributed by atoms with Crippen molar-refractivity contribution < 1.29 is 9.47 Å². The second-order valence-corrected chi connectivity index (χ2v) is 8.19. The number of methoxy groups -OCH3 is 1. The van der Waals surface area contributed by atoms with Crippen LogP contribution in [0.25, 0.3) is 0 Å². The van der Waals surface area contributed by atoms with Crippen molar-refractivity contribution in [3.8, 4) is 0 Å². The highest BCUT2D eigenvalue weighted by atomic mass is 16.5. The fourth-order valence-electron chi connectivity index (χ4n) is 1.76. The third kappa shape index (κ3) is 10.7. The summed E-state index contributed by atoms with van der Waals surface area (Å²) >= 11 is 0. The van der Waals surface area contributed by atoms with E-state index in [1.165, 1.54) is 0 Å². The average Bonchev–Trinajstić information content (AvgIpc) is 2.35. The molecule has 0 fully saturated rings. The van der Waals surface area contributed by atoms with Crippen molar-refractivity contribution in [2.24, 2.45) is 10.5 Å². The molecule has 0 atom stereocenters. The molecule has 0 aliphatic carbocycles. The molecule has 5 nitrogen and oxygen atoms in total. The lowest BCUT2D eigenvalue weighted by molar-refractivity contribution is -0.0576. The van der Waals surface area contributed by atoms with Gasteiger partial charge in [0.2, 0.25) is 0 Å². The SMILES string of the molecule is COC(C)(C)CCOC(C)(C)C/C(=C/NCC(C)(C)C)N=N.